The average Bonchev–Trinajstić information content (AvgIpc) is 3.33. The highest BCUT2D eigenvalue weighted by Gasteiger charge is 2.25. The van der Waals surface area contributed by atoms with E-state index in [-0.39, 0.29) is 24.2 Å². The summed E-state index contributed by atoms with van der Waals surface area (Å²) in [5, 5.41) is 6.15. The second-order valence-corrected chi connectivity index (χ2v) is 7.76. The van der Waals surface area contributed by atoms with Crippen LogP contribution >= 0.6 is 11.3 Å². The summed E-state index contributed by atoms with van der Waals surface area (Å²) in [7, 11) is 0. The first-order valence-electron chi connectivity index (χ1n) is 9.06. The van der Waals surface area contributed by atoms with Crippen molar-refractivity contribution < 1.29 is 18.5 Å². The van der Waals surface area contributed by atoms with Crippen molar-refractivity contribution in [1.29, 1.82) is 0 Å². The van der Waals surface area contributed by atoms with Crippen LogP contribution < -0.4 is 10.7 Å². The van der Waals surface area contributed by atoms with E-state index < -0.39 is 5.76 Å². The molecule has 0 unspecified atom stereocenters. The predicted octanol–water partition coefficient (Wildman–Crippen LogP) is 0.631. The van der Waals surface area contributed by atoms with E-state index in [0.29, 0.717) is 18.7 Å². The van der Waals surface area contributed by atoms with Gasteiger partial charge < -0.3 is 14.2 Å². The fraction of sp³-hybridized carbons (Fsp3) is 0.316. The smallest absolute Gasteiger partial charge is 0.388 e. The number of carbonyl (C=O) groups is 1. The van der Waals surface area contributed by atoms with Gasteiger partial charge in [0.2, 0.25) is 11.8 Å². The highest BCUT2D eigenvalue weighted by Crippen LogP contribution is 2.15. The Balaban J connectivity index is 1.35. The third kappa shape index (κ3) is 4.20. The molecule has 1 aliphatic rings. The number of rotatable bonds is 5. The third-order valence-corrected chi connectivity index (χ3v) is 5.69. The van der Waals surface area contributed by atoms with Crippen LogP contribution in [0.1, 0.15) is 4.88 Å². The quantitative estimate of drug-likeness (QED) is 0.678. The molecular formula is C19H20FN4O3S+. The van der Waals surface area contributed by atoms with Gasteiger partial charge in [-0.05, 0) is 35.7 Å². The number of piperazine rings is 1. The highest BCUT2D eigenvalue weighted by atomic mass is 32.1. The van der Waals surface area contributed by atoms with E-state index >= 15 is 0 Å². The van der Waals surface area contributed by atoms with Crippen molar-refractivity contribution in [3.63, 3.8) is 0 Å². The Morgan fingerprint density at radius 3 is 2.64 bits per heavy atom. The lowest BCUT2D eigenvalue weighted by Gasteiger charge is -2.31. The summed E-state index contributed by atoms with van der Waals surface area (Å²) in [4.78, 5) is 29.1. The summed E-state index contributed by atoms with van der Waals surface area (Å²) in [6, 6.07) is 9.65. The molecule has 146 valence electrons. The molecule has 3 heterocycles. The number of nitrogens with one attached hydrogen (secondary N) is 1. The van der Waals surface area contributed by atoms with Gasteiger partial charge in [0.25, 0.3) is 0 Å². The zero-order chi connectivity index (χ0) is 19.5. The summed E-state index contributed by atoms with van der Waals surface area (Å²) >= 11 is 1.75. The first-order valence-corrected chi connectivity index (χ1v) is 9.94. The van der Waals surface area contributed by atoms with Crippen molar-refractivity contribution in [2.24, 2.45) is 0 Å². The van der Waals surface area contributed by atoms with Gasteiger partial charge in [0, 0.05) is 5.56 Å². The molecule has 1 saturated heterocycles. The number of aromatic nitrogens is 2. The van der Waals surface area contributed by atoms with Gasteiger partial charge in [-0.1, -0.05) is 6.07 Å². The molecular weight excluding hydrogens is 383 g/mol. The molecule has 1 fully saturated rings. The summed E-state index contributed by atoms with van der Waals surface area (Å²) in [5.41, 5.74) is 0.482. The van der Waals surface area contributed by atoms with E-state index in [1.54, 1.807) is 16.2 Å². The number of amides is 1. The van der Waals surface area contributed by atoms with E-state index in [4.69, 9.17) is 4.42 Å². The first kappa shape index (κ1) is 18.6. The van der Waals surface area contributed by atoms with Crippen LogP contribution in [0.25, 0.3) is 11.5 Å². The fourth-order valence-electron chi connectivity index (χ4n) is 3.25. The molecule has 1 amide bonds. The van der Waals surface area contributed by atoms with Crippen LogP contribution in [0.15, 0.2) is 51.0 Å². The van der Waals surface area contributed by atoms with Gasteiger partial charge in [-0.25, -0.2) is 9.18 Å². The molecule has 1 N–H and O–H groups in total. The molecule has 7 nitrogen and oxygen atoms in total. The molecule has 0 spiro atoms. The number of thiophene rings is 1. The maximum absolute atomic E-state index is 13.0. The number of nitrogens with zero attached hydrogens (tertiary/aromatic N) is 3. The molecule has 0 atom stereocenters. The second kappa shape index (κ2) is 8.07. The molecule has 1 aromatic carbocycles. The maximum atomic E-state index is 13.0. The summed E-state index contributed by atoms with van der Waals surface area (Å²) in [6.45, 7) is 3.86. The Kier molecular flexibility index (Phi) is 5.36. The molecule has 9 heteroatoms. The highest BCUT2D eigenvalue weighted by molar-refractivity contribution is 7.09. The topological polar surface area (TPSA) is 72.8 Å². The average molecular weight is 403 g/mol. The predicted molar refractivity (Wildman–Crippen MR) is 101 cm³/mol. The minimum absolute atomic E-state index is 0.0722. The van der Waals surface area contributed by atoms with E-state index in [1.165, 1.54) is 34.0 Å². The third-order valence-electron chi connectivity index (χ3n) is 4.81. The SMILES string of the molecule is O=C(Cn1nc(-c2ccc(F)cc2)oc1=O)N1CC[NH+](Cc2cccs2)CC1. The Labute approximate surface area is 164 Å². The Morgan fingerprint density at radius 2 is 1.96 bits per heavy atom. The molecule has 0 radical (unpaired) electrons. The number of hydrogen-bond donors (Lipinski definition) is 1. The summed E-state index contributed by atoms with van der Waals surface area (Å²) in [6.07, 6.45) is 0. The van der Waals surface area contributed by atoms with E-state index in [1.807, 2.05) is 0 Å². The van der Waals surface area contributed by atoms with Gasteiger partial charge in [0.05, 0.1) is 31.1 Å². The van der Waals surface area contributed by atoms with Crippen molar-refractivity contribution >= 4 is 17.2 Å². The number of quaternary nitrogens is 1. The lowest BCUT2D eigenvalue weighted by atomic mass is 10.2. The Bertz CT molecular complexity index is 989. The molecule has 28 heavy (non-hydrogen) atoms. The van der Waals surface area contributed by atoms with E-state index in [9.17, 15) is 14.0 Å². The standard InChI is InChI=1S/C19H19FN4O3S/c20-15-5-3-14(4-6-15)18-21-24(19(26)27-18)13-17(25)23-9-7-22(8-10-23)12-16-2-1-11-28-16/h1-6,11H,7-10,12-13H2/p+1. The molecule has 0 saturated carbocycles. The van der Waals surface area contributed by atoms with E-state index in [0.717, 1.165) is 24.3 Å². The number of benzene rings is 1. The molecule has 3 aromatic rings. The zero-order valence-electron chi connectivity index (χ0n) is 15.1. The Hall–Kier alpha value is -2.78. The van der Waals surface area contributed by atoms with Gasteiger partial charge in [-0.15, -0.1) is 16.4 Å². The number of hydrogen-bond acceptors (Lipinski definition) is 5. The van der Waals surface area contributed by atoms with Crippen molar-refractivity contribution in [1.82, 2.24) is 14.7 Å². The van der Waals surface area contributed by atoms with Crippen molar-refractivity contribution in [3.05, 3.63) is 63.0 Å². The van der Waals surface area contributed by atoms with Crippen LogP contribution in [0.4, 0.5) is 4.39 Å². The van der Waals surface area contributed by atoms with Crippen molar-refractivity contribution in [3.8, 4) is 11.5 Å². The summed E-state index contributed by atoms with van der Waals surface area (Å²) < 4.78 is 19.2. The van der Waals surface area contributed by atoms with Crippen LogP contribution in [-0.2, 0) is 17.9 Å². The first-order chi connectivity index (χ1) is 13.6. The van der Waals surface area contributed by atoms with Crippen molar-refractivity contribution in [2.75, 3.05) is 26.2 Å². The van der Waals surface area contributed by atoms with Crippen LogP contribution in [0.5, 0.6) is 0 Å². The van der Waals surface area contributed by atoms with Gasteiger partial charge >= 0.3 is 5.76 Å². The summed E-state index contributed by atoms with van der Waals surface area (Å²) in [5.74, 6) is -1.17. The molecule has 1 aliphatic heterocycles. The Morgan fingerprint density at radius 1 is 1.21 bits per heavy atom. The van der Waals surface area contributed by atoms with Crippen LogP contribution in [0.3, 0.4) is 0 Å². The second-order valence-electron chi connectivity index (χ2n) is 6.72. The van der Waals surface area contributed by atoms with Crippen molar-refractivity contribution in [2.45, 2.75) is 13.1 Å². The lowest BCUT2D eigenvalue weighted by molar-refractivity contribution is -0.917. The minimum atomic E-state index is -0.699. The zero-order valence-corrected chi connectivity index (χ0v) is 16.0. The maximum Gasteiger partial charge on any atom is 0.437 e. The van der Waals surface area contributed by atoms with Crippen LogP contribution in [0, 0.1) is 5.82 Å². The largest absolute Gasteiger partial charge is 0.437 e. The minimum Gasteiger partial charge on any atom is -0.388 e. The van der Waals surface area contributed by atoms with Crippen LogP contribution in [0.2, 0.25) is 0 Å². The molecule has 0 aliphatic carbocycles. The number of halogens is 1. The molecule has 4 rings (SSSR count). The monoisotopic (exact) mass is 403 g/mol. The lowest BCUT2D eigenvalue weighted by Crippen LogP contribution is -3.13. The number of carbonyl (C=O) groups excluding carboxylic acids is 1. The van der Waals surface area contributed by atoms with Gasteiger partial charge in [-0.2, -0.15) is 4.68 Å². The van der Waals surface area contributed by atoms with Gasteiger partial charge in [-0.3, -0.25) is 4.79 Å². The van der Waals surface area contributed by atoms with E-state index in [2.05, 4.69) is 22.6 Å². The van der Waals surface area contributed by atoms with Gasteiger partial charge in [0.1, 0.15) is 18.9 Å². The fourth-order valence-corrected chi connectivity index (χ4v) is 4.03. The normalized spacial score (nSPS) is 15.1. The molecule has 0 bridgehead atoms. The van der Waals surface area contributed by atoms with Crippen LogP contribution in [-0.4, -0.2) is 46.8 Å². The van der Waals surface area contributed by atoms with Gasteiger partial charge in [0.15, 0.2) is 0 Å². The molecule has 2 aromatic heterocycles.